The Balaban J connectivity index is 1.41. The van der Waals surface area contributed by atoms with E-state index in [4.69, 9.17) is 14.2 Å². The first kappa shape index (κ1) is 15.7. The molecule has 0 fully saturated rings. The third-order valence-corrected chi connectivity index (χ3v) is 3.20. The van der Waals surface area contributed by atoms with Crippen LogP contribution in [0, 0.1) is 0 Å². The van der Waals surface area contributed by atoms with Crippen LogP contribution in [0.4, 0.5) is 0 Å². The van der Waals surface area contributed by atoms with Crippen molar-refractivity contribution in [3.63, 3.8) is 0 Å². The molecule has 1 atom stereocenters. The zero-order chi connectivity index (χ0) is 16.8. The lowest BCUT2D eigenvalue weighted by atomic mass is 10.2. The van der Waals surface area contributed by atoms with Gasteiger partial charge in [0, 0.05) is 12.4 Å². The number of rotatable bonds is 5. The molecule has 8 heteroatoms. The molecule has 3 rings (SSSR count). The predicted molar refractivity (Wildman–Crippen MR) is 81.7 cm³/mol. The van der Waals surface area contributed by atoms with Gasteiger partial charge in [-0.05, 0) is 12.1 Å². The largest absolute Gasteiger partial charge is 0.486 e. The van der Waals surface area contributed by atoms with Crippen molar-refractivity contribution in [2.75, 3.05) is 19.8 Å². The molecule has 0 unspecified atom stereocenters. The molecule has 1 amide bonds. The zero-order valence-corrected chi connectivity index (χ0v) is 12.7. The van der Waals surface area contributed by atoms with Gasteiger partial charge in [0.05, 0.1) is 12.7 Å². The number of ether oxygens (including phenoxy) is 3. The molecule has 0 saturated heterocycles. The monoisotopic (exact) mass is 329 g/mol. The molecule has 2 heterocycles. The van der Waals surface area contributed by atoms with Crippen LogP contribution in [0.3, 0.4) is 0 Å². The Morgan fingerprint density at radius 2 is 2.08 bits per heavy atom. The van der Waals surface area contributed by atoms with Gasteiger partial charge in [0.15, 0.2) is 23.8 Å². The highest BCUT2D eigenvalue weighted by Crippen LogP contribution is 2.30. The number of nitrogens with zero attached hydrogens (tertiary/aromatic N) is 2. The van der Waals surface area contributed by atoms with E-state index in [1.54, 1.807) is 6.07 Å². The molecule has 2 aromatic rings. The number of para-hydroxylation sites is 2. The highest BCUT2D eigenvalue weighted by molar-refractivity contribution is 5.89. The summed E-state index contributed by atoms with van der Waals surface area (Å²) in [5.41, 5.74) is 0.0471. The number of carbonyl (C=O) groups is 2. The van der Waals surface area contributed by atoms with Crippen molar-refractivity contribution in [2.24, 2.45) is 0 Å². The second kappa shape index (κ2) is 7.40. The lowest BCUT2D eigenvalue weighted by Gasteiger charge is -2.26. The highest BCUT2D eigenvalue weighted by Gasteiger charge is 2.21. The average molecular weight is 329 g/mol. The van der Waals surface area contributed by atoms with Crippen molar-refractivity contribution in [1.82, 2.24) is 15.3 Å². The van der Waals surface area contributed by atoms with Crippen LogP contribution in [0.25, 0.3) is 0 Å². The summed E-state index contributed by atoms with van der Waals surface area (Å²) in [6.45, 7) is 0.173. The van der Waals surface area contributed by atoms with E-state index in [-0.39, 0.29) is 18.3 Å². The summed E-state index contributed by atoms with van der Waals surface area (Å²) in [6.07, 6.45) is 3.77. The summed E-state index contributed by atoms with van der Waals surface area (Å²) in [5, 5.41) is 2.63. The quantitative estimate of drug-likeness (QED) is 0.801. The van der Waals surface area contributed by atoms with E-state index in [9.17, 15) is 9.59 Å². The van der Waals surface area contributed by atoms with Crippen molar-refractivity contribution in [1.29, 1.82) is 0 Å². The van der Waals surface area contributed by atoms with Gasteiger partial charge in [0.2, 0.25) is 0 Å². The van der Waals surface area contributed by atoms with Gasteiger partial charge in [-0.15, -0.1) is 0 Å². The van der Waals surface area contributed by atoms with Crippen molar-refractivity contribution in [2.45, 2.75) is 6.10 Å². The maximum absolute atomic E-state index is 11.7. The first-order chi connectivity index (χ1) is 11.7. The van der Waals surface area contributed by atoms with Crippen molar-refractivity contribution in [3.8, 4) is 11.5 Å². The maximum Gasteiger partial charge on any atom is 0.359 e. The number of nitrogens with one attached hydrogen (secondary N) is 1. The van der Waals surface area contributed by atoms with E-state index in [1.165, 1.54) is 18.6 Å². The predicted octanol–water partition coefficient (Wildman–Crippen LogP) is 0.590. The Labute approximate surface area is 137 Å². The standard InChI is InChI=1S/C16H15N3O5/c20-15(10-23-16(21)12-8-17-5-6-18-12)19-7-11-9-22-13-3-1-2-4-14(13)24-11/h1-6,8,11H,7,9-10H2,(H,19,20)/t11-/m1/s1. The van der Waals surface area contributed by atoms with Gasteiger partial charge in [0.1, 0.15) is 12.7 Å². The topological polar surface area (TPSA) is 99.6 Å². The molecule has 0 aliphatic carbocycles. The van der Waals surface area contributed by atoms with E-state index in [0.717, 1.165) is 0 Å². The third kappa shape index (κ3) is 3.97. The van der Waals surface area contributed by atoms with Gasteiger partial charge in [0.25, 0.3) is 5.91 Å². The molecule has 124 valence electrons. The van der Waals surface area contributed by atoms with Crippen LogP contribution in [0.15, 0.2) is 42.9 Å². The molecule has 0 saturated carbocycles. The van der Waals surface area contributed by atoms with Crippen LogP contribution in [-0.2, 0) is 9.53 Å². The fraction of sp³-hybridized carbons (Fsp3) is 0.250. The normalized spacial score (nSPS) is 15.4. The summed E-state index contributed by atoms with van der Waals surface area (Å²) in [7, 11) is 0. The van der Waals surface area contributed by atoms with Crippen LogP contribution < -0.4 is 14.8 Å². The molecule has 1 N–H and O–H groups in total. The van der Waals surface area contributed by atoms with E-state index in [1.807, 2.05) is 18.2 Å². The van der Waals surface area contributed by atoms with Crippen LogP contribution >= 0.6 is 0 Å². The maximum atomic E-state index is 11.7. The third-order valence-electron chi connectivity index (χ3n) is 3.20. The average Bonchev–Trinajstić information content (AvgIpc) is 2.65. The molecule has 8 nitrogen and oxygen atoms in total. The summed E-state index contributed by atoms with van der Waals surface area (Å²) in [4.78, 5) is 30.9. The molecule has 1 aromatic carbocycles. The first-order valence-corrected chi connectivity index (χ1v) is 7.30. The minimum absolute atomic E-state index is 0.0471. The van der Waals surface area contributed by atoms with Crippen LogP contribution in [0.5, 0.6) is 11.5 Å². The van der Waals surface area contributed by atoms with Gasteiger partial charge in [-0.2, -0.15) is 0 Å². The van der Waals surface area contributed by atoms with E-state index in [0.29, 0.717) is 18.1 Å². The molecule has 0 bridgehead atoms. The number of fused-ring (bicyclic) bond motifs is 1. The lowest BCUT2D eigenvalue weighted by molar-refractivity contribution is -0.124. The fourth-order valence-corrected chi connectivity index (χ4v) is 2.05. The Morgan fingerprint density at radius 1 is 1.25 bits per heavy atom. The smallest absolute Gasteiger partial charge is 0.359 e. The van der Waals surface area contributed by atoms with E-state index >= 15 is 0 Å². The second-order valence-corrected chi connectivity index (χ2v) is 4.97. The molecule has 0 spiro atoms. The summed E-state index contributed by atoms with van der Waals surface area (Å²) < 4.78 is 16.1. The zero-order valence-electron chi connectivity index (χ0n) is 12.7. The molecule has 0 radical (unpaired) electrons. The molecular weight excluding hydrogens is 314 g/mol. The molecule has 1 aliphatic rings. The van der Waals surface area contributed by atoms with E-state index < -0.39 is 18.5 Å². The van der Waals surface area contributed by atoms with Crippen molar-refractivity contribution < 1.29 is 23.8 Å². The molecular formula is C16H15N3O5. The minimum atomic E-state index is -0.704. The first-order valence-electron chi connectivity index (χ1n) is 7.30. The number of amides is 1. The summed E-state index contributed by atoms with van der Waals surface area (Å²) >= 11 is 0. The molecule has 24 heavy (non-hydrogen) atoms. The van der Waals surface area contributed by atoms with E-state index in [2.05, 4.69) is 15.3 Å². The fourth-order valence-electron chi connectivity index (χ4n) is 2.05. The Hall–Kier alpha value is -3.16. The number of benzene rings is 1. The number of aromatic nitrogens is 2. The Kier molecular flexibility index (Phi) is 4.85. The number of carbonyl (C=O) groups excluding carboxylic acids is 2. The van der Waals surface area contributed by atoms with Gasteiger partial charge in [-0.3, -0.25) is 9.78 Å². The second-order valence-electron chi connectivity index (χ2n) is 4.97. The van der Waals surface area contributed by atoms with Crippen LogP contribution in [0.2, 0.25) is 0 Å². The Bertz CT molecular complexity index is 723. The Morgan fingerprint density at radius 3 is 2.88 bits per heavy atom. The van der Waals surface area contributed by atoms with Crippen LogP contribution in [0.1, 0.15) is 10.5 Å². The van der Waals surface area contributed by atoms with Gasteiger partial charge < -0.3 is 19.5 Å². The minimum Gasteiger partial charge on any atom is -0.486 e. The number of hydrogen-bond donors (Lipinski definition) is 1. The van der Waals surface area contributed by atoms with Gasteiger partial charge in [-0.25, -0.2) is 9.78 Å². The summed E-state index contributed by atoms with van der Waals surface area (Å²) in [5.74, 6) is 0.175. The van der Waals surface area contributed by atoms with Crippen LogP contribution in [-0.4, -0.2) is 47.7 Å². The highest BCUT2D eigenvalue weighted by atomic mass is 16.6. The lowest BCUT2D eigenvalue weighted by Crippen LogP contribution is -2.42. The molecule has 1 aliphatic heterocycles. The molecule has 1 aromatic heterocycles. The van der Waals surface area contributed by atoms with Crippen molar-refractivity contribution >= 4 is 11.9 Å². The van der Waals surface area contributed by atoms with Crippen molar-refractivity contribution in [3.05, 3.63) is 48.5 Å². The number of hydrogen-bond acceptors (Lipinski definition) is 7. The van der Waals surface area contributed by atoms with Gasteiger partial charge >= 0.3 is 5.97 Å². The number of esters is 1. The van der Waals surface area contributed by atoms with Gasteiger partial charge in [-0.1, -0.05) is 12.1 Å². The SMILES string of the molecule is O=C(COC(=O)c1cnccn1)NC[C@@H]1COc2ccccc2O1. The summed E-state index contributed by atoms with van der Waals surface area (Å²) in [6, 6.07) is 7.31.